The molecule has 2 heterocycles. The van der Waals surface area contributed by atoms with Crippen molar-refractivity contribution in [1.82, 2.24) is 4.98 Å². The van der Waals surface area contributed by atoms with Gasteiger partial charge >= 0.3 is 11.7 Å². The molecule has 1 saturated heterocycles. The molecule has 0 aliphatic carbocycles. The van der Waals surface area contributed by atoms with E-state index in [1.807, 2.05) is 18.7 Å². The van der Waals surface area contributed by atoms with Crippen LogP contribution in [0.2, 0.25) is 0 Å². The fourth-order valence-electron chi connectivity index (χ4n) is 2.85. The van der Waals surface area contributed by atoms with Crippen LogP contribution < -0.4 is 4.90 Å². The van der Waals surface area contributed by atoms with Gasteiger partial charge in [0.1, 0.15) is 0 Å². The summed E-state index contributed by atoms with van der Waals surface area (Å²) < 4.78 is 4.64. The van der Waals surface area contributed by atoms with Gasteiger partial charge in [0, 0.05) is 18.2 Å². The third-order valence-electron chi connectivity index (χ3n) is 3.95. The van der Waals surface area contributed by atoms with Crippen LogP contribution in [0.4, 0.5) is 11.5 Å². The van der Waals surface area contributed by atoms with Gasteiger partial charge in [-0.05, 0) is 32.3 Å². The van der Waals surface area contributed by atoms with Crippen molar-refractivity contribution in [2.75, 3.05) is 12.0 Å². The second-order valence-electron chi connectivity index (χ2n) is 5.18. The van der Waals surface area contributed by atoms with Gasteiger partial charge in [-0.3, -0.25) is 10.1 Å². The van der Waals surface area contributed by atoms with Crippen molar-refractivity contribution in [2.24, 2.45) is 0 Å². The Morgan fingerprint density at radius 3 is 2.81 bits per heavy atom. The molecule has 114 valence electrons. The van der Waals surface area contributed by atoms with Crippen LogP contribution >= 0.6 is 0 Å². The first kappa shape index (κ1) is 15.2. The monoisotopic (exact) mass is 293 g/mol. The summed E-state index contributed by atoms with van der Waals surface area (Å²) in [4.78, 5) is 28.6. The Bertz CT molecular complexity index is 561. The maximum absolute atomic E-state index is 11.6. The minimum absolute atomic E-state index is 0.0742. The fourth-order valence-corrected chi connectivity index (χ4v) is 2.85. The number of hydrogen-bond acceptors (Lipinski definition) is 6. The van der Waals surface area contributed by atoms with Crippen molar-refractivity contribution in [3.8, 4) is 0 Å². The van der Waals surface area contributed by atoms with Gasteiger partial charge in [-0.25, -0.2) is 9.78 Å². The number of pyridine rings is 1. The van der Waals surface area contributed by atoms with Crippen molar-refractivity contribution >= 4 is 17.5 Å². The Hall–Kier alpha value is -2.18. The van der Waals surface area contributed by atoms with Gasteiger partial charge in [0.15, 0.2) is 5.69 Å². The first-order chi connectivity index (χ1) is 9.99. The molecule has 1 aliphatic rings. The number of carbonyl (C=O) groups is 1. The lowest BCUT2D eigenvalue weighted by atomic mass is 10.1. The highest BCUT2D eigenvalue weighted by molar-refractivity contribution is 5.88. The summed E-state index contributed by atoms with van der Waals surface area (Å²) >= 11 is 0. The maximum atomic E-state index is 11.6. The summed E-state index contributed by atoms with van der Waals surface area (Å²) in [7, 11) is 1.26. The zero-order chi connectivity index (χ0) is 15.6. The molecular formula is C14H19N3O4. The normalized spacial score (nSPS) is 21.4. The molecule has 1 aromatic rings. The average molecular weight is 293 g/mol. The third-order valence-corrected chi connectivity index (χ3v) is 3.95. The number of methoxy groups -OCH3 is 1. The molecule has 0 aromatic carbocycles. The number of aromatic nitrogens is 1. The second kappa shape index (κ2) is 6.07. The zero-order valence-electron chi connectivity index (χ0n) is 12.4. The van der Waals surface area contributed by atoms with Crippen LogP contribution in [-0.2, 0) is 4.74 Å². The lowest BCUT2D eigenvalue weighted by Gasteiger charge is -2.28. The summed E-state index contributed by atoms with van der Waals surface area (Å²) in [6.45, 7) is 4.07. The van der Waals surface area contributed by atoms with Crippen LogP contribution in [0.5, 0.6) is 0 Å². The number of ether oxygens (including phenoxy) is 1. The van der Waals surface area contributed by atoms with E-state index in [-0.39, 0.29) is 29.3 Å². The van der Waals surface area contributed by atoms with Crippen LogP contribution in [0.1, 0.15) is 43.6 Å². The van der Waals surface area contributed by atoms with Gasteiger partial charge in [-0.15, -0.1) is 0 Å². The molecule has 0 N–H and O–H groups in total. The first-order valence-electron chi connectivity index (χ1n) is 7.01. The van der Waals surface area contributed by atoms with Crippen molar-refractivity contribution < 1.29 is 14.5 Å². The Morgan fingerprint density at radius 2 is 2.24 bits per heavy atom. The zero-order valence-corrected chi connectivity index (χ0v) is 12.4. The molecule has 0 spiro atoms. The smallest absolute Gasteiger partial charge is 0.356 e. The number of rotatable bonds is 4. The standard InChI is InChI=1S/C14H19N3O4/c1-4-10-6-5-9(2)16(10)13-12(17(19)20)8-7-11(15-13)14(18)21-3/h7-10H,4-6H2,1-3H3. The number of anilines is 1. The van der Waals surface area contributed by atoms with Crippen LogP contribution in [0, 0.1) is 10.1 Å². The predicted molar refractivity (Wildman–Crippen MR) is 77.5 cm³/mol. The number of hydrogen-bond donors (Lipinski definition) is 0. The fraction of sp³-hybridized carbons (Fsp3) is 0.571. The number of carbonyl (C=O) groups excluding carboxylic acids is 1. The molecule has 1 aromatic heterocycles. The van der Waals surface area contributed by atoms with Crippen molar-refractivity contribution in [3.63, 3.8) is 0 Å². The summed E-state index contributed by atoms with van der Waals surface area (Å²) in [6, 6.07) is 3.02. The molecule has 2 atom stereocenters. The van der Waals surface area contributed by atoms with Gasteiger partial charge in [0.05, 0.1) is 12.0 Å². The van der Waals surface area contributed by atoms with E-state index in [4.69, 9.17) is 0 Å². The quantitative estimate of drug-likeness (QED) is 0.482. The van der Waals surface area contributed by atoms with Gasteiger partial charge in [-0.2, -0.15) is 0 Å². The average Bonchev–Trinajstić information content (AvgIpc) is 2.86. The van der Waals surface area contributed by atoms with E-state index >= 15 is 0 Å². The van der Waals surface area contributed by atoms with Crippen LogP contribution in [-0.4, -0.2) is 35.1 Å². The molecule has 2 rings (SSSR count). The molecule has 1 fully saturated rings. The molecule has 1 aliphatic heterocycles. The molecule has 21 heavy (non-hydrogen) atoms. The Kier molecular flexibility index (Phi) is 4.40. The minimum atomic E-state index is -0.592. The highest BCUT2D eigenvalue weighted by atomic mass is 16.6. The van der Waals surface area contributed by atoms with E-state index in [0.29, 0.717) is 0 Å². The summed E-state index contributed by atoms with van der Waals surface area (Å²) in [6.07, 6.45) is 2.81. The summed E-state index contributed by atoms with van der Waals surface area (Å²) in [5.74, 6) is -0.328. The second-order valence-corrected chi connectivity index (χ2v) is 5.18. The molecule has 7 nitrogen and oxygen atoms in total. The molecule has 7 heteroatoms. The first-order valence-corrected chi connectivity index (χ1v) is 7.01. The number of esters is 1. The van der Waals surface area contributed by atoms with Crippen LogP contribution in [0.3, 0.4) is 0 Å². The Balaban J connectivity index is 2.52. The third kappa shape index (κ3) is 2.81. The van der Waals surface area contributed by atoms with E-state index in [1.54, 1.807) is 0 Å². The summed E-state index contributed by atoms with van der Waals surface area (Å²) in [5.41, 5.74) is 0.0157. The van der Waals surface area contributed by atoms with Crippen LogP contribution in [0.25, 0.3) is 0 Å². The lowest BCUT2D eigenvalue weighted by Crippen LogP contribution is -2.35. The largest absolute Gasteiger partial charge is 0.464 e. The minimum Gasteiger partial charge on any atom is -0.464 e. The summed E-state index contributed by atoms with van der Waals surface area (Å²) in [5, 5.41) is 11.3. The molecule has 0 radical (unpaired) electrons. The van der Waals surface area contributed by atoms with E-state index in [0.717, 1.165) is 19.3 Å². The van der Waals surface area contributed by atoms with Crippen LogP contribution in [0.15, 0.2) is 12.1 Å². The predicted octanol–water partition coefficient (Wildman–Crippen LogP) is 2.54. The molecule has 0 amide bonds. The van der Waals surface area contributed by atoms with E-state index < -0.39 is 10.9 Å². The van der Waals surface area contributed by atoms with Gasteiger partial charge < -0.3 is 9.64 Å². The Morgan fingerprint density at radius 1 is 1.52 bits per heavy atom. The molecule has 2 unspecified atom stereocenters. The van der Waals surface area contributed by atoms with Gasteiger partial charge in [0.2, 0.25) is 5.82 Å². The topological polar surface area (TPSA) is 85.6 Å². The molecular weight excluding hydrogens is 274 g/mol. The maximum Gasteiger partial charge on any atom is 0.356 e. The van der Waals surface area contributed by atoms with E-state index in [9.17, 15) is 14.9 Å². The number of nitro groups is 1. The molecule has 0 bridgehead atoms. The van der Waals surface area contributed by atoms with E-state index in [1.165, 1.54) is 19.2 Å². The van der Waals surface area contributed by atoms with Gasteiger partial charge in [0.25, 0.3) is 0 Å². The van der Waals surface area contributed by atoms with Gasteiger partial charge in [-0.1, -0.05) is 6.92 Å². The van der Waals surface area contributed by atoms with Crippen molar-refractivity contribution in [2.45, 2.75) is 45.2 Å². The van der Waals surface area contributed by atoms with E-state index in [2.05, 4.69) is 9.72 Å². The van der Waals surface area contributed by atoms with Crippen molar-refractivity contribution in [3.05, 3.63) is 27.9 Å². The highest BCUT2D eigenvalue weighted by Gasteiger charge is 2.35. The van der Waals surface area contributed by atoms with Crippen molar-refractivity contribution in [1.29, 1.82) is 0 Å². The highest BCUT2D eigenvalue weighted by Crippen LogP contribution is 2.36. The SMILES string of the molecule is CCC1CCC(C)N1c1nc(C(=O)OC)ccc1[N+](=O)[O-]. The lowest BCUT2D eigenvalue weighted by molar-refractivity contribution is -0.384. The Labute approximate surface area is 123 Å². The molecule has 0 saturated carbocycles. The number of nitrogens with zero attached hydrogens (tertiary/aromatic N) is 3.